The number of benzene rings is 3. The van der Waals surface area contributed by atoms with Crippen LogP contribution in [0.15, 0.2) is 96.2 Å². The van der Waals surface area contributed by atoms with Crippen LogP contribution in [0.3, 0.4) is 0 Å². The predicted octanol–water partition coefficient (Wildman–Crippen LogP) is 5.94. The van der Waals surface area contributed by atoms with Crippen molar-refractivity contribution in [3.8, 4) is 0 Å². The van der Waals surface area contributed by atoms with Crippen molar-refractivity contribution in [2.45, 2.75) is 55.8 Å². The van der Waals surface area contributed by atoms with Gasteiger partial charge in [0.15, 0.2) is 6.29 Å². The van der Waals surface area contributed by atoms with Gasteiger partial charge in [-0.1, -0.05) is 48.5 Å². The highest BCUT2D eigenvalue weighted by molar-refractivity contribution is 7.99. The van der Waals surface area contributed by atoms with E-state index in [4.69, 9.17) is 15.2 Å². The summed E-state index contributed by atoms with van der Waals surface area (Å²) >= 11 is 1.32. The number of pyridine rings is 1. The van der Waals surface area contributed by atoms with Crippen LogP contribution in [0.4, 0.5) is 17.1 Å². The molecule has 1 aromatic heterocycles. The number of para-hydroxylation sites is 2. The maximum atomic E-state index is 12.6. The maximum absolute atomic E-state index is 12.6. The molecule has 1 saturated heterocycles. The van der Waals surface area contributed by atoms with Crippen molar-refractivity contribution in [2.75, 3.05) is 22.1 Å². The molecule has 3 aromatic carbocycles. The molecule has 47 heavy (non-hydrogen) atoms. The number of carboxylic acid groups (broad SMARTS) is 1. The van der Waals surface area contributed by atoms with Gasteiger partial charge in [0.2, 0.25) is 11.8 Å². The highest BCUT2D eigenvalue weighted by Crippen LogP contribution is 2.39. The molecular weight excluding hydrogens is 620 g/mol. The van der Waals surface area contributed by atoms with Gasteiger partial charge in [-0.25, -0.2) is 9.78 Å². The lowest BCUT2D eigenvalue weighted by molar-refractivity contribution is -0.245. The van der Waals surface area contributed by atoms with Gasteiger partial charge in [0.1, 0.15) is 5.03 Å². The summed E-state index contributed by atoms with van der Waals surface area (Å²) in [5.41, 5.74) is 10.1. The van der Waals surface area contributed by atoms with Crippen molar-refractivity contribution in [1.29, 1.82) is 0 Å². The molecule has 2 heterocycles. The Morgan fingerprint density at radius 3 is 2.28 bits per heavy atom. The third kappa shape index (κ3) is 9.39. The van der Waals surface area contributed by atoms with Gasteiger partial charge < -0.3 is 36.1 Å². The summed E-state index contributed by atoms with van der Waals surface area (Å²) in [4.78, 5) is 40.7. The molecule has 5 rings (SSSR count). The van der Waals surface area contributed by atoms with E-state index in [0.717, 1.165) is 16.7 Å². The van der Waals surface area contributed by atoms with Crippen LogP contribution in [0, 0.1) is 0 Å². The van der Waals surface area contributed by atoms with Gasteiger partial charge in [-0.05, 0) is 53.9 Å². The molecule has 0 aliphatic carbocycles. The summed E-state index contributed by atoms with van der Waals surface area (Å²) in [5, 5.41) is 25.1. The van der Waals surface area contributed by atoms with E-state index in [0.29, 0.717) is 40.7 Å². The van der Waals surface area contributed by atoms with Crippen molar-refractivity contribution in [3.63, 3.8) is 0 Å². The molecule has 12 heteroatoms. The van der Waals surface area contributed by atoms with Crippen LogP contribution in [0.25, 0.3) is 0 Å². The van der Waals surface area contributed by atoms with Crippen molar-refractivity contribution >= 4 is 46.6 Å². The highest BCUT2D eigenvalue weighted by Gasteiger charge is 2.32. The summed E-state index contributed by atoms with van der Waals surface area (Å²) in [6.07, 6.45) is 1.49. The smallest absolute Gasteiger partial charge is 0.338 e. The Kier molecular flexibility index (Phi) is 11.6. The van der Waals surface area contributed by atoms with Crippen molar-refractivity contribution < 1.29 is 34.1 Å². The van der Waals surface area contributed by atoms with Gasteiger partial charge >= 0.3 is 5.97 Å². The summed E-state index contributed by atoms with van der Waals surface area (Å²) in [5.74, 6) is -1.02. The topological polar surface area (TPSA) is 173 Å². The van der Waals surface area contributed by atoms with Crippen molar-refractivity contribution in [2.24, 2.45) is 0 Å². The maximum Gasteiger partial charge on any atom is 0.338 e. The van der Waals surface area contributed by atoms with Gasteiger partial charge in [0, 0.05) is 42.5 Å². The standard InChI is InChI=1S/C35H36N4O7S/c36-28-6-1-2-7-29(28)39-32(42)9-3-8-31(41)38-25-16-14-24(15-17-25)35-45-26(21-47-33-27(34(43)44)5-4-18-37-33)19-30(46-35)23-12-10-22(20-40)11-13-23/h1-2,4-7,10-18,26,30,35,40H,3,8-9,19-21,36H2,(H,38,41)(H,39,42)(H,43,44)/t26-,30+,35+/m0/s1. The fourth-order valence-electron chi connectivity index (χ4n) is 5.04. The summed E-state index contributed by atoms with van der Waals surface area (Å²) in [6.45, 7) is -0.0607. The molecule has 1 aliphatic rings. The molecule has 3 atom stereocenters. The van der Waals surface area contributed by atoms with Crippen LogP contribution in [-0.4, -0.2) is 44.8 Å². The van der Waals surface area contributed by atoms with E-state index in [9.17, 15) is 24.6 Å². The third-order valence-electron chi connectivity index (χ3n) is 7.53. The number of nitrogens with zero attached hydrogens (tertiary/aromatic N) is 1. The number of amides is 2. The number of carboxylic acids is 1. The molecule has 244 valence electrons. The lowest BCUT2D eigenvalue weighted by atomic mass is 10.0. The molecule has 6 N–H and O–H groups in total. The minimum Gasteiger partial charge on any atom is -0.478 e. The monoisotopic (exact) mass is 656 g/mol. The Hall–Kier alpha value is -4.75. The first-order chi connectivity index (χ1) is 22.8. The first kappa shape index (κ1) is 33.6. The molecular formula is C35H36N4O7S. The van der Waals surface area contributed by atoms with E-state index in [1.165, 1.54) is 17.8 Å². The Labute approximate surface area is 276 Å². The largest absolute Gasteiger partial charge is 0.478 e. The number of anilines is 3. The number of aliphatic hydroxyl groups is 1. The molecule has 0 spiro atoms. The Balaban J connectivity index is 1.19. The number of ether oxygens (including phenoxy) is 2. The molecule has 0 saturated carbocycles. The summed E-state index contributed by atoms with van der Waals surface area (Å²) in [7, 11) is 0. The molecule has 1 aliphatic heterocycles. The zero-order valence-electron chi connectivity index (χ0n) is 25.5. The molecule has 11 nitrogen and oxygen atoms in total. The first-order valence-electron chi connectivity index (χ1n) is 15.1. The molecule has 0 bridgehead atoms. The second-order valence-electron chi connectivity index (χ2n) is 11.0. The number of aromatic nitrogens is 1. The quantitative estimate of drug-likeness (QED) is 0.0856. The number of aromatic carboxylic acids is 1. The number of nitrogens with one attached hydrogen (secondary N) is 2. The van der Waals surface area contributed by atoms with Crippen LogP contribution >= 0.6 is 11.8 Å². The average molecular weight is 657 g/mol. The average Bonchev–Trinajstić information content (AvgIpc) is 3.08. The van der Waals surface area contributed by atoms with E-state index in [1.807, 2.05) is 36.4 Å². The van der Waals surface area contributed by atoms with E-state index in [2.05, 4.69) is 15.6 Å². The first-order valence-corrected chi connectivity index (χ1v) is 16.1. The summed E-state index contributed by atoms with van der Waals surface area (Å²) in [6, 6.07) is 24.8. The van der Waals surface area contributed by atoms with Gasteiger partial charge in [-0.2, -0.15) is 0 Å². The SMILES string of the molecule is Nc1ccccc1NC(=O)CCCC(=O)Nc1ccc([C@@H]2O[C@H](CSc3ncccc3C(=O)O)C[C@H](c3ccc(CO)cc3)O2)cc1. The fraction of sp³-hybridized carbons (Fsp3) is 0.257. The van der Waals surface area contributed by atoms with Crippen LogP contribution in [-0.2, 0) is 25.7 Å². The van der Waals surface area contributed by atoms with E-state index >= 15 is 0 Å². The lowest BCUT2D eigenvalue weighted by Gasteiger charge is -2.36. The minimum atomic E-state index is -1.04. The van der Waals surface area contributed by atoms with Crippen LogP contribution in [0.2, 0.25) is 0 Å². The zero-order chi connectivity index (χ0) is 33.2. The molecule has 0 radical (unpaired) electrons. The number of nitrogens with two attached hydrogens (primary N) is 1. The number of rotatable bonds is 13. The van der Waals surface area contributed by atoms with Crippen molar-refractivity contribution in [1.82, 2.24) is 4.98 Å². The second-order valence-corrected chi connectivity index (χ2v) is 12.0. The van der Waals surface area contributed by atoms with Gasteiger partial charge in [0.25, 0.3) is 0 Å². The van der Waals surface area contributed by atoms with Crippen LogP contribution in [0.1, 0.15) is 65.1 Å². The Morgan fingerprint density at radius 2 is 1.57 bits per heavy atom. The highest BCUT2D eigenvalue weighted by atomic mass is 32.2. The Bertz CT molecular complexity index is 1680. The van der Waals surface area contributed by atoms with E-state index in [1.54, 1.807) is 48.7 Å². The third-order valence-corrected chi connectivity index (χ3v) is 8.67. The van der Waals surface area contributed by atoms with Gasteiger partial charge in [-0.3, -0.25) is 9.59 Å². The predicted molar refractivity (Wildman–Crippen MR) is 179 cm³/mol. The zero-order valence-corrected chi connectivity index (χ0v) is 26.3. The number of carbonyl (C=O) groups excluding carboxylic acids is 2. The molecule has 2 amide bonds. The van der Waals surface area contributed by atoms with Gasteiger partial charge in [0.05, 0.1) is 35.8 Å². The van der Waals surface area contributed by atoms with Crippen LogP contribution in [0.5, 0.6) is 0 Å². The second kappa shape index (κ2) is 16.2. The lowest BCUT2D eigenvalue weighted by Crippen LogP contribution is -2.31. The Morgan fingerprint density at radius 1 is 0.872 bits per heavy atom. The number of carbonyl (C=O) groups is 3. The number of aliphatic hydroxyl groups excluding tert-OH is 1. The number of nitrogen functional groups attached to an aromatic ring is 1. The molecule has 4 aromatic rings. The number of hydrogen-bond acceptors (Lipinski definition) is 9. The number of hydrogen-bond donors (Lipinski definition) is 5. The minimum absolute atomic E-state index is 0.0607. The van der Waals surface area contributed by atoms with E-state index < -0.39 is 12.3 Å². The molecule has 0 unspecified atom stereocenters. The van der Waals surface area contributed by atoms with E-state index in [-0.39, 0.29) is 49.0 Å². The van der Waals surface area contributed by atoms with Crippen molar-refractivity contribution in [3.05, 3.63) is 113 Å². The fourth-order valence-corrected chi connectivity index (χ4v) is 6.05. The number of thioether (sulfide) groups is 1. The van der Waals surface area contributed by atoms with Gasteiger partial charge in [-0.15, -0.1) is 11.8 Å². The van der Waals surface area contributed by atoms with Crippen LogP contribution < -0.4 is 16.4 Å². The normalized spacial score (nSPS) is 17.5. The summed E-state index contributed by atoms with van der Waals surface area (Å²) < 4.78 is 12.7. The molecule has 1 fully saturated rings.